The molecule has 62 valence electrons. The number of carbonyl (C=O) groups is 1. The maximum Gasteiger partial charge on any atom is 0.342 e. The third-order valence-corrected chi connectivity index (χ3v) is 1.84. The fraction of sp³-hybridized carbons (Fsp3) is 0. The average Bonchev–Trinajstić information content (AvgIpc) is 2.16. The predicted molar refractivity (Wildman–Crippen MR) is 48.6 cm³/mol. The zero-order chi connectivity index (χ0) is 8.81. The summed E-state index contributed by atoms with van der Waals surface area (Å²) in [7, 11) is 0. The third-order valence-electron chi connectivity index (χ3n) is 1.13. The molecule has 0 spiro atoms. The van der Waals surface area contributed by atoms with Crippen LogP contribution in [0.4, 0.5) is 0 Å². The van der Waals surface area contributed by atoms with E-state index in [1.165, 1.54) is 0 Å². The summed E-state index contributed by atoms with van der Waals surface area (Å²) in [6.45, 7) is 3.29. The van der Waals surface area contributed by atoms with E-state index in [4.69, 9.17) is 4.18 Å². The molecule has 2 nitrogen and oxygen atoms in total. The van der Waals surface area contributed by atoms with Crippen molar-refractivity contribution in [2.45, 2.75) is 4.90 Å². The van der Waals surface area contributed by atoms with E-state index < -0.39 is 5.97 Å². The lowest BCUT2D eigenvalue weighted by atomic mass is 10.4. The lowest BCUT2D eigenvalue weighted by molar-refractivity contribution is -0.127. The van der Waals surface area contributed by atoms with Gasteiger partial charge in [0.2, 0.25) is 0 Å². The van der Waals surface area contributed by atoms with Crippen LogP contribution in [0.1, 0.15) is 0 Å². The van der Waals surface area contributed by atoms with Crippen molar-refractivity contribution in [3.05, 3.63) is 43.0 Å². The maximum absolute atomic E-state index is 10.6. The van der Waals surface area contributed by atoms with Crippen LogP contribution in [-0.4, -0.2) is 5.97 Å². The molecule has 0 aromatic heterocycles. The first-order valence-corrected chi connectivity index (χ1v) is 4.13. The summed E-state index contributed by atoms with van der Waals surface area (Å²) in [5, 5.41) is 0. The van der Waals surface area contributed by atoms with Gasteiger partial charge in [-0.2, -0.15) is 0 Å². The van der Waals surface area contributed by atoms with E-state index in [0.29, 0.717) is 0 Å². The molecular weight excluding hydrogens is 172 g/mol. The van der Waals surface area contributed by atoms with Crippen molar-refractivity contribution in [2.24, 2.45) is 0 Å². The second-order valence-electron chi connectivity index (χ2n) is 2.00. The van der Waals surface area contributed by atoms with Crippen LogP contribution in [0.3, 0.4) is 0 Å². The Morgan fingerprint density at radius 3 is 2.67 bits per heavy atom. The summed E-state index contributed by atoms with van der Waals surface area (Å²) in [6, 6.07) is 9.38. The van der Waals surface area contributed by atoms with Gasteiger partial charge in [-0.15, -0.1) is 0 Å². The van der Waals surface area contributed by atoms with Gasteiger partial charge in [-0.05, 0) is 12.1 Å². The Labute approximate surface area is 75.4 Å². The van der Waals surface area contributed by atoms with Gasteiger partial charge >= 0.3 is 5.97 Å². The Morgan fingerprint density at radius 1 is 1.42 bits per heavy atom. The molecule has 3 heteroatoms. The minimum absolute atomic E-state index is 0.427. The third kappa shape index (κ3) is 2.80. The van der Waals surface area contributed by atoms with Crippen LogP contribution in [0.2, 0.25) is 0 Å². The van der Waals surface area contributed by atoms with Crippen molar-refractivity contribution in [3.63, 3.8) is 0 Å². The van der Waals surface area contributed by atoms with E-state index in [1.54, 1.807) is 0 Å². The van der Waals surface area contributed by atoms with Gasteiger partial charge < -0.3 is 4.18 Å². The van der Waals surface area contributed by atoms with Crippen LogP contribution in [0.15, 0.2) is 47.9 Å². The average molecular weight is 180 g/mol. The van der Waals surface area contributed by atoms with Gasteiger partial charge in [0.15, 0.2) is 0 Å². The van der Waals surface area contributed by atoms with Crippen LogP contribution >= 0.6 is 12.0 Å². The topological polar surface area (TPSA) is 26.3 Å². The molecule has 1 aromatic rings. The Bertz CT molecular complexity index is 269. The van der Waals surface area contributed by atoms with Gasteiger partial charge in [-0.1, -0.05) is 24.8 Å². The Balaban J connectivity index is 2.43. The van der Waals surface area contributed by atoms with Crippen molar-refractivity contribution in [2.75, 3.05) is 0 Å². The van der Waals surface area contributed by atoms with Crippen LogP contribution in [0.25, 0.3) is 0 Å². The monoisotopic (exact) mass is 180 g/mol. The highest BCUT2D eigenvalue weighted by Crippen LogP contribution is 2.17. The number of carbonyl (C=O) groups excluding carboxylic acids is 1. The Morgan fingerprint density at radius 2 is 2.08 bits per heavy atom. The highest BCUT2D eigenvalue weighted by Gasteiger charge is 1.97. The van der Waals surface area contributed by atoms with E-state index in [-0.39, 0.29) is 0 Å². The molecule has 0 aliphatic rings. The number of rotatable bonds is 3. The molecule has 0 heterocycles. The molecule has 0 saturated carbocycles. The molecule has 0 N–H and O–H groups in total. The molecule has 1 aromatic carbocycles. The van der Waals surface area contributed by atoms with Crippen LogP contribution < -0.4 is 0 Å². The molecule has 0 aliphatic heterocycles. The highest BCUT2D eigenvalue weighted by atomic mass is 32.2. The minimum Gasteiger partial charge on any atom is -0.383 e. The molecule has 12 heavy (non-hydrogen) atoms. The van der Waals surface area contributed by atoms with Gasteiger partial charge in [0.1, 0.15) is 0 Å². The summed E-state index contributed by atoms with van der Waals surface area (Å²) in [6.07, 6.45) is 1.13. The first-order chi connectivity index (χ1) is 5.83. The predicted octanol–water partition coefficient (Wildman–Crippen LogP) is 2.42. The van der Waals surface area contributed by atoms with Crippen molar-refractivity contribution in [3.8, 4) is 0 Å². The van der Waals surface area contributed by atoms with E-state index in [2.05, 4.69) is 6.58 Å². The zero-order valence-corrected chi connectivity index (χ0v) is 7.21. The van der Waals surface area contributed by atoms with Crippen molar-refractivity contribution < 1.29 is 8.98 Å². The largest absolute Gasteiger partial charge is 0.383 e. The van der Waals surface area contributed by atoms with Crippen LogP contribution in [0.5, 0.6) is 0 Å². The fourth-order valence-corrected chi connectivity index (χ4v) is 1.11. The standard InChI is InChI=1S/C9H8O2S/c1-2-9(10)11-12-8-6-4-3-5-7-8/h2-7H,1H2. The van der Waals surface area contributed by atoms with E-state index in [0.717, 1.165) is 23.0 Å². The van der Waals surface area contributed by atoms with E-state index in [1.807, 2.05) is 30.3 Å². The summed E-state index contributed by atoms with van der Waals surface area (Å²) >= 11 is 1.03. The van der Waals surface area contributed by atoms with Crippen LogP contribution in [0, 0.1) is 0 Å². The number of hydrogen-bond acceptors (Lipinski definition) is 3. The minimum atomic E-state index is -0.427. The number of benzene rings is 1. The summed E-state index contributed by atoms with van der Waals surface area (Å²) in [5.74, 6) is -0.427. The second kappa shape index (κ2) is 4.62. The molecule has 0 radical (unpaired) electrons. The molecule has 0 saturated heterocycles. The molecule has 1 rings (SSSR count). The summed E-state index contributed by atoms with van der Waals surface area (Å²) in [4.78, 5) is 11.5. The van der Waals surface area contributed by atoms with Crippen molar-refractivity contribution in [1.29, 1.82) is 0 Å². The Hall–Kier alpha value is -1.22. The quantitative estimate of drug-likeness (QED) is 0.528. The first-order valence-electron chi connectivity index (χ1n) is 3.39. The molecular formula is C9H8O2S. The number of hydrogen-bond donors (Lipinski definition) is 0. The van der Waals surface area contributed by atoms with Gasteiger partial charge in [-0.3, -0.25) is 0 Å². The fourth-order valence-electron chi connectivity index (χ4n) is 0.599. The van der Waals surface area contributed by atoms with Gasteiger partial charge in [0, 0.05) is 11.0 Å². The summed E-state index contributed by atoms with van der Waals surface area (Å²) < 4.78 is 4.74. The normalized spacial score (nSPS) is 9.00. The lowest BCUT2D eigenvalue weighted by Crippen LogP contribution is -1.90. The molecule has 0 atom stereocenters. The van der Waals surface area contributed by atoms with Gasteiger partial charge in [0.05, 0.1) is 12.0 Å². The molecule has 0 unspecified atom stereocenters. The summed E-state index contributed by atoms with van der Waals surface area (Å²) in [5.41, 5.74) is 0. The Kier molecular flexibility index (Phi) is 3.41. The van der Waals surface area contributed by atoms with Crippen LogP contribution in [-0.2, 0) is 8.98 Å². The first kappa shape index (κ1) is 8.87. The van der Waals surface area contributed by atoms with Crippen molar-refractivity contribution in [1.82, 2.24) is 0 Å². The highest BCUT2D eigenvalue weighted by molar-refractivity contribution is 7.95. The lowest BCUT2D eigenvalue weighted by Gasteiger charge is -1.97. The van der Waals surface area contributed by atoms with Gasteiger partial charge in [-0.25, -0.2) is 4.79 Å². The van der Waals surface area contributed by atoms with Crippen molar-refractivity contribution >= 4 is 18.0 Å². The molecule has 0 bridgehead atoms. The molecule has 0 fully saturated rings. The zero-order valence-electron chi connectivity index (χ0n) is 6.40. The smallest absolute Gasteiger partial charge is 0.342 e. The SMILES string of the molecule is C=CC(=O)OSc1ccccc1. The second-order valence-corrected chi connectivity index (χ2v) is 2.81. The van der Waals surface area contributed by atoms with E-state index in [9.17, 15) is 4.79 Å². The van der Waals surface area contributed by atoms with E-state index >= 15 is 0 Å². The molecule has 0 aliphatic carbocycles. The maximum atomic E-state index is 10.6. The van der Waals surface area contributed by atoms with Gasteiger partial charge in [0.25, 0.3) is 0 Å². The molecule has 0 amide bonds.